The minimum absolute atomic E-state index is 0.0324. The lowest BCUT2D eigenvalue weighted by molar-refractivity contribution is -0.193. The van der Waals surface area contributed by atoms with Crippen molar-refractivity contribution in [2.75, 3.05) is 6.61 Å². The maximum absolute atomic E-state index is 13.7. The van der Waals surface area contributed by atoms with E-state index < -0.39 is 44.5 Å². The summed E-state index contributed by atoms with van der Waals surface area (Å²) in [6.45, 7) is -1.31. The second-order valence-electron chi connectivity index (χ2n) is 5.12. The standard InChI is InChI=1S/C13H11F3N4O6S/c1-8(21)26-7-12(10(22)23,13(14,15)16)27(24,25)11-17-18-19-20(11)9-5-3-2-4-6-9/h2-6H,7H2,1H3,(H,22,23). The van der Waals surface area contributed by atoms with Crippen LogP contribution in [0.4, 0.5) is 13.2 Å². The summed E-state index contributed by atoms with van der Waals surface area (Å²) in [5.74, 6) is -4.10. The molecule has 0 aliphatic heterocycles. The van der Waals surface area contributed by atoms with Crippen LogP contribution in [0.1, 0.15) is 6.92 Å². The second-order valence-corrected chi connectivity index (χ2v) is 7.19. The SMILES string of the molecule is CC(=O)OCC(C(=O)O)(C(F)(F)F)S(=O)(=O)c1nnnn1-c1ccccc1. The molecule has 14 heteroatoms. The first-order valence-corrected chi connectivity index (χ1v) is 8.45. The number of aromatic nitrogens is 4. The van der Waals surface area contributed by atoms with Crippen molar-refractivity contribution in [3.05, 3.63) is 30.3 Å². The number of sulfone groups is 1. The summed E-state index contributed by atoms with van der Waals surface area (Å²) in [5, 5.41) is 17.2. The Labute approximate surface area is 149 Å². The van der Waals surface area contributed by atoms with Crippen LogP contribution in [0.25, 0.3) is 5.69 Å². The highest BCUT2D eigenvalue weighted by atomic mass is 32.2. The maximum atomic E-state index is 13.7. The molecule has 2 rings (SSSR count). The van der Waals surface area contributed by atoms with Gasteiger partial charge in [0.1, 0.15) is 6.61 Å². The highest BCUT2D eigenvalue weighted by Crippen LogP contribution is 2.41. The van der Waals surface area contributed by atoms with Gasteiger partial charge >= 0.3 is 22.9 Å². The van der Waals surface area contributed by atoms with Gasteiger partial charge in [-0.3, -0.25) is 4.79 Å². The average Bonchev–Trinajstić information content (AvgIpc) is 3.04. The van der Waals surface area contributed by atoms with Crippen LogP contribution in [0.15, 0.2) is 35.5 Å². The normalized spacial score (nSPS) is 14.4. The number of hydrogen-bond acceptors (Lipinski definition) is 8. The van der Waals surface area contributed by atoms with Crippen molar-refractivity contribution in [2.45, 2.75) is 23.0 Å². The summed E-state index contributed by atoms with van der Waals surface area (Å²) >= 11 is 0. The molecule has 1 aromatic carbocycles. The van der Waals surface area contributed by atoms with E-state index in [1.807, 2.05) is 0 Å². The van der Waals surface area contributed by atoms with Crippen LogP contribution in [-0.2, 0) is 24.2 Å². The number of carboxylic acid groups (broad SMARTS) is 1. The Morgan fingerprint density at radius 2 is 1.81 bits per heavy atom. The molecule has 1 unspecified atom stereocenters. The van der Waals surface area contributed by atoms with Crippen molar-refractivity contribution in [3.63, 3.8) is 0 Å². The van der Waals surface area contributed by atoms with E-state index in [0.717, 1.165) is 0 Å². The number of nitrogens with zero attached hydrogens (tertiary/aromatic N) is 4. The van der Waals surface area contributed by atoms with E-state index in [0.29, 0.717) is 11.6 Å². The quantitative estimate of drug-likeness (QED) is 0.672. The van der Waals surface area contributed by atoms with Crippen LogP contribution in [0.5, 0.6) is 0 Å². The lowest BCUT2D eigenvalue weighted by Crippen LogP contribution is -2.61. The summed E-state index contributed by atoms with van der Waals surface area (Å²) in [4.78, 5) is 22.4. The van der Waals surface area contributed by atoms with Gasteiger partial charge in [0.25, 0.3) is 5.16 Å². The van der Waals surface area contributed by atoms with Crippen molar-refractivity contribution < 1.29 is 41.0 Å². The number of halogens is 3. The number of alkyl halides is 3. The fourth-order valence-electron chi connectivity index (χ4n) is 2.05. The van der Waals surface area contributed by atoms with E-state index in [9.17, 15) is 36.3 Å². The summed E-state index contributed by atoms with van der Waals surface area (Å²) in [7, 11) is -5.83. The monoisotopic (exact) mass is 408 g/mol. The Morgan fingerprint density at radius 1 is 1.22 bits per heavy atom. The molecule has 0 spiro atoms. The fraction of sp³-hybridized carbons (Fsp3) is 0.308. The average molecular weight is 408 g/mol. The van der Waals surface area contributed by atoms with Crippen molar-refractivity contribution in [2.24, 2.45) is 0 Å². The Hall–Kier alpha value is -3.03. The van der Waals surface area contributed by atoms with Crippen molar-refractivity contribution >= 4 is 21.8 Å². The lowest BCUT2D eigenvalue weighted by atomic mass is 10.1. The number of rotatable bonds is 6. The van der Waals surface area contributed by atoms with Gasteiger partial charge < -0.3 is 9.84 Å². The molecule has 0 aliphatic carbocycles. The van der Waals surface area contributed by atoms with Gasteiger partial charge in [0.2, 0.25) is 9.84 Å². The highest BCUT2D eigenvalue weighted by Gasteiger charge is 2.72. The molecule has 1 N–H and O–H groups in total. The molecule has 146 valence electrons. The molecule has 0 fully saturated rings. The van der Waals surface area contributed by atoms with Crippen LogP contribution in [0.2, 0.25) is 0 Å². The van der Waals surface area contributed by atoms with E-state index in [-0.39, 0.29) is 5.69 Å². The number of para-hydroxylation sites is 1. The number of aliphatic carboxylic acids is 1. The Balaban J connectivity index is 2.75. The number of hydrogen-bond donors (Lipinski definition) is 1. The van der Waals surface area contributed by atoms with Crippen molar-refractivity contribution in [1.82, 2.24) is 20.2 Å². The predicted octanol–water partition coefficient (Wildman–Crippen LogP) is 0.385. The van der Waals surface area contributed by atoms with Crippen LogP contribution in [-0.4, -0.2) is 63.2 Å². The smallest absolute Gasteiger partial charge is 0.422 e. The summed E-state index contributed by atoms with van der Waals surface area (Å²) in [6.07, 6.45) is -5.86. The first-order valence-electron chi connectivity index (χ1n) is 6.97. The molecular weight excluding hydrogens is 397 g/mol. The van der Waals surface area contributed by atoms with Crippen molar-refractivity contribution in [1.29, 1.82) is 0 Å². The molecule has 1 atom stereocenters. The zero-order valence-electron chi connectivity index (χ0n) is 13.4. The second kappa shape index (κ2) is 6.94. The third kappa shape index (κ3) is 3.34. The summed E-state index contributed by atoms with van der Waals surface area (Å²) in [5.41, 5.74) is -0.0324. The third-order valence-electron chi connectivity index (χ3n) is 3.42. The topological polar surface area (TPSA) is 141 Å². The minimum Gasteiger partial charge on any atom is -0.480 e. The molecule has 27 heavy (non-hydrogen) atoms. The third-order valence-corrected chi connectivity index (χ3v) is 5.60. The van der Waals surface area contributed by atoms with Gasteiger partial charge in [-0.05, 0) is 22.6 Å². The first kappa shape index (κ1) is 20.3. The predicted molar refractivity (Wildman–Crippen MR) is 79.4 cm³/mol. The fourth-order valence-corrected chi connectivity index (χ4v) is 3.62. The molecule has 0 aliphatic rings. The number of tetrazole rings is 1. The molecule has 1 heterocycles. The van der Waals surface area contributed by atoms with Gasteiger partial charge in [-0.15, -0.1) is 0 Å². The highest BCUT2D eigenvalue weighted by molar-refractivity contribution is 7.93. The van der Waals surface area contributed by atoms with E-state index in [4.69, 9.17) is 0 Å². The Kier molecular flexibility index (Phi) is 5.21. The van der Waals surface area contributed by atoms with Gasteiger partial charge in [0.05, 0.1) is 5.69 Å². The molecule has 1 aromatic heterocycles. The van der Waals surface area contributed by atoms with Crippen molar-refractivity contribution in [3.8, 4) is 5.69 Å². The van der Waals surface area contributed by atoms with Gasteiger partial charge in [-0.25, -0.2) is 13.2 Å². The largest absolute Gasteiger partial charge is 0.480 e. The van der Waals surface area contributed by atoms with Crippen LogP contribution in [0, 0.1) is 0 Å². The zero-order valence-corrected chi connectivity index (χ0v) is 14.2. The van der Waals surface area contributed by atoms with Gasteiger partial charge in [0.15, 0.2) is 0 Å². The van der Waals surface area contributed by atoms with Crippen LogP contribution in [0.3, 0.4) is 0 Å². The Morgan fingerprint density at radius 3 is 2.30 bits per heavy atom. The number of carbonyl (C=O) groups is 2. The lowest BCUT2D eigenvalue weighted by Gasteiger charge is -2.29. The number of carbonyl (C=O) groups excluding carboxylic acids is 1. The van der Waals surface area contributed by atoms with Gasteiger partial charge in [-0.1, -0.05) is 23.3 Å². The molecule has 0 bridgehead atoms. The minimum atomic E-state index is -5.86. The molecule has 0 amide bonds. The molecular formula is C13H11F3N4O6S. The zero-order chi connectivity index (χ0) is 20.5. The molecule has 10 nitrogen and oxygen atoms in total. The number of carboxylic acids is 1. The van der Waals surface area contributed by atoms with Gasteiger partial charge in [0, 0.05) is 6.92 Å². The molecule has 2 aromatic rings. The maximum Gasteiger partial charge on any atom is 0.422 e. The summed E-state index contributed by atoms with van der Waals surface area (Å²) in [6, 6.07) is 6.98. The number of ether oxygens (including phenoxy) is 1. The summed E-state index contributed by atoms with van der Waals surface area (Å²) < 4.78 is 66.6. The number of benzene rings is 1. The van der Waals surface area contributed by atoms with E-state index in [2.05, 4.69) is 20.3 Å². The van der Waals surface area contributed by atoms with Crippen LogP contribution < -0.4 is 0 Å². The molecule has 0 saturated carbocycles. The van der Waals surface area contributed by atoms with Crippen LogP contribution >= 0.6 is 0 Å². The molecule has 0 radical (unpaired) electrons. The number of esters is 1. The first-order chi connectivity index (χ1) is 12.4. The van der Waals surface area contributed by atoms with Gasteiger partial charge in [-0.2, -0.15) is 17.9 Å². The van der Waals surface area contributed by atoms with E-state index in [1.165, 1.54) is 24.3 Å². The Bertz CT molecular complexity index is 960. The van der Waals surface area contributed by atoms with E-state index in [1.54, 1.807) is 6.07 Å². The molecule has 0 saturated heterocycles. The van der Waals surface area contributed by atoms with E-state index >= 15 is 0 Å².